The van der Waals surface area contributed by atoms with E-state index >= 15 is 0 Å². The number of alkyl halides is 3. The van der Waals surface area contributed by atoms with E-state index in [4.69, 9.17) is 4.74 Å². The number of hydrogen-bond acceptors (Lipinski definition) is 5. The third-order valence-corrected chi connectivity index (χ3v) is 7.28. The number of sulfonamides is 1. The summed E-state index contributed by atoms with van der Waals surface area (Å²) in [5.41, 5.74) is 0.207. The SMILES string of the molecule is CCOC(=O)c1ccc(CNc2cc(C(F)(F)F)ccc2N(C(C)C)S(=O)(=O)c2ccccc2)cc1. The summed E-state index contributed by atoms with van der Waals surface area (Å²) in [5.74, 6) is -0.476. The number of nitrogens with one attached hydrogen (secondary N) is 1. The fourth-order valence-electron chi connectivity index (χ4n) is 3.61. The third-order valence-electron chi connectivity index (χ3n) is 5.28. The highest BCUT2D eigenvalue weighted by Crippen LogP contribution is 2.38. The van der Waals surface area contributed by atoms with Gasteiger partial charge in [-0.3, -0.25) is 4.31 Å². The largest absolute Gasteiger partial charge is 0.462 e. The number of benzene rings is 3. The molecule has 3 aromatic rings. The number of carbonyl (C=O) groups is 1. The molecule has 3 aromatic carbocycles. The molecular formula is C26H27F3N2O4S. The summed E-state index contributed by atoms with van der Waals surface area (Å²) in [6.07, 6.45) is -4.61. The van der Waals surface area contributed by atoms with Crippen LogP contribution in [0.25, 0.3) is 0 Å². The first-order valence-electron chi connectivity index (χ1n) is 11.3. The highest BCUT2D eigenvalue weighted by molar-refractivity contribution is 7.92. The minimum absolute atomic E-state index is 0.00694. The van der Waals surface area contributed by atoms with Crippen molar-refractivity contribution < 1.29 is 31.1 Å². The number of halogens is 3. The molecule has 0 aliphatic carbocycles. The van der Waals surface area contributed by atoms with Crippen molar-refractivity contribution >= 4 is 27.4 Å². The van der Waals surface area contributed by atoms with Crippen molar-refractivity contribution in [2.24, 2.45) is 0 Å². The molecule has 0 amide bonds. The van der Waals surface area contributed by atoms with Crippen LogP contribution in [0.1, 0.15) is 42.3 Å². The summed E-state index contributed by atoms with van der Waals surface area (Å²) in [7, 11) is -4.07. The maximum atomic E-state index is 13.5. The van der Waals surface area contributed by atoms with Crippen LogP contribution >= 0.6 is 0 Å². The van der Waals surface area contributed by atoms with Gasteiger partial charge in [-0.15, -0.1) is 0 Å². The Bertz CT molecular complexity index is 1290. The summed E-state index contributed by atoms with van der Waals surface area (Å²) in [6, 6.07) is 16.5. The van der Waals surface area contributed by atoms with Crippen molar-refractivity contribution in [2.75, 3.05) is 16.2 Å². The average Bonchev–Trinajstić information content (AvgIpc) is 2.83. The van der Waals surface area contributed by atoms with E-state index in [0.29, 0.717) is 11.1 Å². The van der Waals surface area contributed by atoms with Gasteiger partial charge in [0.05, 0.1) is 34.0 Å². The number of rotatable bonds is 9. The van der Waals surface area contributed by atoms with Crippen LogP contribution < -0.4 is 9.62 Å². The highest BCUT2D eigenvalue weighted by Gasteiger charge is 2.34. The number of hydrogen-bond donors (Lipinski definition) is 1. The molecule has 0 heterocycles. The van der Waals surface area contributed by atoms with Gasteiger partial charge in [-0.05, 0) is 68.8 Å². The van der Waals surface area contributed by atoms with Crippen LogP contribution in [-0.4, -0.2) is 27.0 Å². The smallest absolute Gasteiger partial charge is 0.416 e. The normalized spacial score (nSPS) is 11.9. The molecule has 0 aliphatic heterocycles. The monoisotopic (exact) mass is 520 g/mol. The summed E-state index contributed by atoms with van der Waals surface area (Å²) in [5, 5.41) is 2.95. The minimum atomic E-state index is -4.61. The van der Waals surface area contributed by atoms with E-state index in [0.717, 1.165) is 22.5 Å². The van der Waals surface area contributed by atoms with Gasteiger partial charge in [0.1, 0.15) is 0 Å². The molecule has 0 aliphatic rings. The van der Waals surface area contributed by atoms with Crippen molar-refractivity contribution in [3.8, 4) is 0 Å². The summed E-state index contributed by atoms with van der Waals surface area (Å²) >= 11 is 0. The maximum Gasteiger partial charge on any atom is 0.416 e. The maximum absolute atomic E-state index is 13.5. The van der Waals surface area contributed by atoms with Crippen molar-refractivity contribution in [1.29, 1.82) is 0 Å². The Morgan fingerprint density at radius 3 is 2.19 bits per heavy atom. The molecule has 6 nitrogen and oxygen atoms in total. The van der Waals surface area contributed by atoms with Crippen LogP contribution in [0, 0.1) is 0 Å². The minimum Gasteiger partial charge on any atom is -0.462 e. The first kappa shape index (κ1) is 27.1. The molecule has 0 fully saturated rings. The van der Waals surface area contributed by atoms with E-state index in [9.17, 15) is 26.4 Å². The zero-order valence-electron chi connectivity index (χ0n) is 20.0. The van der Waals surface area contributed by atoms with Gasteiger partial charge in [-0.25, -0.2) is 13.2 Å². The lowest BCUT2D eigenvalue weighted by atomic mass is 10.1. The molecule has 0 saturated heterocycles. The first-order valence-corrected chi connectivity index (χ1v) is 12.7. The van der Waals surface area contributed by atoms with Crippen LogP contribution in [0.4, 0.5) is 24.5 Å². The molecule has 192 valence electrons. The Kier molecular flexibility index (Phi) is 8.29. The van der Waals surface area contributed by atoms with E-state index in [2.05, 4.69) is 5.32 Å². The second-order valence-electron chi connectivity index (χ2n) is 8.21. The second-order valence-corrected chi connectivity index (χ2v) is 10.0. The third kappa shape index (κ3) is 6.17. The Balaban J connectivity index is 2.00. The lowest BCUT2D eigenvalue weighted by Crippen LogP contribution is -2.37. The predicted octanol–water partition coefficient (Wildman–Crippen LogP) is 6.10. The van der Waals surface area contributed by atoms with Gasteiger partial charge in [0.15, 0.2) is 0 Å². The Hall–Kier alpha value is -3.53. The fourth-order valence-corrected chi connectivity index (χ4v) is 5.31. The van der Waals surface area contributed by atoms with E-state index < -0.39 is 33.8 Å². The first-order chi connectivity index (χ1) is 16.9. The van der Waals surface area contributed by atoms with Gasteiger partial charge in [0.2, 0.25) is 0 Å². The standard InChI is InChI=1S/C26H27F3N2O4S/c1-4-35-25(32)20-12-10-19(11-13-20)17-30-23-16-21(26(27,28)29)14-15-24(23)31(18(2)3)36(33,34)22-8-6-5-7-9-22/h5-16,18,30H,4,17H2,1-3H3. The molecule has 10 heteroatoms. The zero-order chi connectivity index (χ0) is 26.5. The van der Waals surface area contributed by atoms with Gasteiger partial charge >= 0.3 is 12.1 Å². The number of carbonyl (C=O) groups excluding carboxylic acids is 1. The molecule has 0 radical (unpaired) electrons. The summed E-state index contributed by atoms with van der Waals surface area (Å²) in [6.45, 7) is 5.32. The van der Waals surface area contributed by atoms with E-state index in [1.807, 2.05) is 0 Å². The molecule has 0 spiro atoms. The lowest BCUT2D eigenvalue weighted by molar-refractivity contribution is -0.137. The van der Waals surface area contributed by atoms with Crippen LogP contribution in [-0.2, 0) is 27.5 Å². The second kappa shape index (κ2) is 11.0. The molecule has 0 aromatic heterocycles. The van der Waals surface area contributed by atoms with Gasteiger partial charge in [0, 0.05) is 12.6 Å². The molecule has 0 saturated carbocycles. The summed E-state index contributed by atoms with van der Waals surface area (Å²) < 4.78 is 73.5. The van der Waals surface area contributed by atoms with Gasteiger partial charge in [-0.2, -0.15) is 13.2 Å². The Morgan fingerprint density at radius 2 is 1.64 bits per heavy atom. The number of ether oxygens (including phenoxy) is 1. The van der Waals surface area contributed by atoms with Crippen LogP contribution in [0.5, 0.6) is 0 Å². The predicted molar refractivity (Wildman–Crippen MR) is 132 cm³/mol. The molecule has 36 heavy (non-hydrogen) atoms. The fraction of sp³-hybridized carbons (Fsp3) is 0.269. The summed E-state index contributed by atoms with van der Waals surface area (Å²) in [4.78, 5) is 11.9. The van der Waals surface area contributed by atoms with E-state index in [-0.39, 0.29) is 29.4 Å². The van der Waals surface area contributed by atoms with Crippen molar-refractivity contribution in [1.82, 2.24) is 0 Å². The topological polar surface area (TPSA) is 75.7 Å². The van der Waals surface area contributed by atoms with Crippen LogP contribution in [0.15, 0.2) is 77.7 Å². The Morgan fingerprint density at radius 1 is 1.00 bits per heavy atom. The average molecular weight is 521 g/mol. The van der Waals surface area contributed by atoms with Gasteiger partial charge < -0.3 is 10.1 Å². The van der Waals surface area contributed by atoms with Crippen LogP contribution in [0.2, 0.25) is 0 Å². The molecular weight excluding hydrogens is 493 g/mol. The van der Waals surface area contributed by atoms with Crippen LogP contribution in [0.3, 0.4) is 0 Å². The van der Waals surface area contributed by atoms with Gasteiger partial charge in [-0.1, -0.05) is 30.3 Å². The van der Waals surface area contributed by atoms with Crippen molar-refractivity contribution in [2.45, 2.75) is 44.4 Å². The number of esters is 1. The highest BCUT2D eigenvalue weighted by atomic mass is 32.2. The number of nitrogens with zero attached hydrogens (tertiary/aromatic N) is 1. The molecule has 3 rings (SSSR count). The van der Waals surface area contributed by atoms with E-state index in [1.165, 1.54) is 12.1 Å². The lowest BCUT2D eigenvalue weighted by Gasteiger charge is -2.30. The zero-order valence-corrected chi connectivity index (χ0v) is 20.9. The van der Waals surface area contributed by atoms with Crippen molar-refractivity contribution in [3.63, 3.8) is 0 Å². The quantitative estimate of drug-likeness (QED) is 0.345. The molecule has 0 bridgehead atoms. The van der Waals surface area contributed by atoms with E-state index in [1.54, 1.807) is 63.2 Å². The van der Waals surface area contributed by atoms with Crippen molar-refractivity contribution in [3.05, 3.63) is 89.5 Å². The Labute approximate surface area is 208 Å². The van der Waals surface area contributed by atoms with Gasteiger partial charge in [0.25, 0.3) is 10.0 Å². The number of anilines is 2. The molecule has 0 atom stereocenters. The molecule has 1 N–H and O–H groups in total. The molecule has 0 unspecified atom stereocenters.